The summed E-state index contributed by atoms with van der Waals surface area (Å²) in [5.41, 5.74) is 1.88. The van der Waals surface area contributed by atoms with Crippen LogP contribution in [0.5, 0.6) is 0 Å². The minimum Gasteiger partial charge on any atom is -0.481 e. The molecule has 2 N–H and O–H groups in total. The van der Waals surface area contributed by atoms with Gasteiger partial charge in [0.05, 0.1) is 18.1 Å². The fourth-order valence-corrected chi connectivity index (χ4v) is 3.65. The zero-order valence-electron chi connectivity index (χ0n) is 14.2. The van der Waals surface area contributed by atoms with E-state index in [0.717, 1.165) is 17.3 Å². The molecule has 26 heavy (non-hydrogen) atoms. The van der Waals surface area contributed by atoms with Gasteiger partial charge >= 0.3 is 11.9 Å². The minimum atomic E-state index is -0.978. The minimum absolute atomic E-state index is 0.00564. The molecule has 6 nitrogen and oxygen atoms in total. The predicted molar refractivity (Wildman–Crippen MR) is 104 cm³/mol. The van der Waals surface area contributed by atoms with Crippen LogP contribution in [0.3, 0.4) is 0 Å². The number of carbonyl (C=O) groups is 3. The Balaban J connectivity index is 2.22. The molecular weight excluding hydrogens is 374 g/mol. The van der Waals surface area contributed by atoms with Gasteiger partial charge in [-0.2, -0.15) is 0 Å². The average Bonchev–Trinajstić information content (AvgIpc) is 3.03. The Bertz CT molecular complexity index is 773. The number of nitrogens with one attached hydrogen (secondary N) is 1. The molecule has 1 aromatic carbocycles. The lowest BCUT2D eigenvalue weighted by atomic mass is 10.0. The molecule has 2 rings (SSSR count). The number of carbonyl (C=O) groups excluding carboxylic acids is 2. The summed E-state index contributed by atoms with van der Waals surface area (Å²) in [7, 11) is 0. The van der Waals surface area contributed by atoms with Crippen molar-refractivity contribution in [2.45, 2.75) is 13.3 Å². The van der Waals surface area contributed by atoms with Gasteiger partial charge in [-0.15, -0.1) is 23.1 Å². The molecule has 0 saturated heterocycles. The number of amides is 1. The highest BCUT2D eigenvalue weighted by atomic mass is 32.2. The highest BCUT2D eigenvalue weighted by molar-refractivity contribution is 8.00. The lowest BCUT2D eigenvalue weighted by Crippen LogP contribution is -2.17. The molecule has 0 aliphatic heterocycles. The number of thiophene rings is 1. The van der Waals surface area contributed by atoms with Crippen LogP contribution < -0.4 is 5.32 Å². The smallest absolute Gasteiger partial charge is 0.341 e. The van der Waals surface area contributed by atoms with Crippen molar-refractivity contribution in [3.05, 3.63) is 41.3 Å². The summed E-state index contributed by atoms with van der Waals surface area (Å²) in [6.45, 7) is 2.20. The van der Waals surface area contributed by atoms with Gasteiger partial charge in [-0.25, -0.2) is 4.79 Å². The van der Waals surface area contributed by atoms with Gasteiger partial charge < -0.3 is 15.2 Å². The summed E-state index contributed by atoms with van der Waals surface area (Å²) in [5.74, 6) is -1.98. The summed E-state index contributed by atoms with van der Waals surface area (Å²) in [4.78, 5) is 35.1. The van der Waals surface area contributed by atoms with Crippen molar-refractivity contribution in [1.29, 1.82) is 0 Å². The van der Waals surface area contributed by atoms with Gasteiger partial charge in [0.25, 0.3) is 0 Å². The van der Waals surface area contributed by atoms with Crippen molar-refractivity contribution in [2.75, 3.05) is 23.4 Å². The molecule has 0 aliphatic carbocycles. The molecule has 0 spiro atoms. The summed E-state index contributed by atoms with van der Waals surface area (Å²) in [6, 6.07) is 9.39. The number of hydrogen-bond acceptors (Lipinski definition) is 6. The summed E-state index contributed by atoms with van der Waals surface area (Å²) in [6.07, 6.45) is 0.698. The lowest BCUT2D eigenvalue weighted by molar-refractivity contribution is -0.133. The Morgan fingerprint density at radius 1 is 1.19 bits per heavy atom. The number of thioether (sulfide) groups is 1. The summed E-state index contributed by atoms with van der Waals surface area (Å²) >= 11 is 2.24. The second kappa shape index (κ2) is 9.98. The Labute approximate surface area is 159 Å². The van der Waals surface area contributed by atoms with E-state index in [-0.39, 0.29) is 17.4 Å². The quantitative estimate of drug-likeness (QED) is 0.631. The molecule has 0 fully saturated rings. The molecule has 1 amide bonds. The van der Waals surface area contributed by atoms with Crippen molar-refractivity contribution in [2.24, 2.45) is 0 Å². The van der Waals surface area contributed by atoms with Crippen LogP contribution >= 0.6 is 23.1 Å². The molecule has 1 aromatic heterocycles. The largest absolute Gasteiger partial charge is 0.481 e. The molecule has 0 aliphatic rings. The monoisotopic (exact) mass is 393 g/mol. The first kappa shape index (κ1) is 20.0. The molecule has 2 aromatic rings. The second-order valence-electron chi connectivity index (χ2n) is 5.29. The number of anilines is 1. The van der Waals surface area contributed by atoms with E-state index in [4.69, 9.17) is 9.84 Å². The molecular formula is C18H19NO5S2. The standard InChI is InChI=1S/C18H19NO5S2/c1-2-8-24-18(23)16-13(12-6-4-3-5-7-12)9-26-17(16)19-14(20)10-25-11-15(21)22/h3-7,9H,2,8,10-11H2,1H3,(H,19,20)(H,21,22). The van der Waals surface area contributed by atoms with E-state index in [1.54, 1.807) is 5.38 Å². The first-order valence-corrected chi connectivity index (χ1v) is 9.99. The Kier molecular flexibility index (Phi) is 7.68. The van der Waals surface area contributed by atoms with Crippen molar-refractivity contribution in [1.82, 2.24) is 0 Å². The first-order chi connectivity index (χ1) is 12.5. The van der Waals surface area contributed by atoms with Gasteiger partial charge in [0.1, 0.15) is 10.6 Å². The van der Waals surface area contributed by atoms with E-state index in [9.17, 15) is 14.4 Å². The van der Waals surface area contributed by atoms with Crippen LogP contribution in [-0.2, 0) is 14.3 Å². The van der Waals surface area contributed by atoms with Crippen molar-refractivity contribution < 1.29 is 24.2 Å². The predicted octanol–water partition coefficient (Wildman–Crippen LogP) is 3.74. The number of hydrogen-bond donors (Lipinski definition) is 2. The molecule has 8 heteroatoms. The van der Waals surface area contributed by atoms with Crippen LogP contribution in [0.1, 0.15) is 23.7 Å². The van der Waals surface area contributed by atoms with Crippen LogP contribution in [0, 0.1) is 0 Å². The fraction of sp³-hybridized carbons (Fsp3) is 0.278. The van der Waals surface area contributed by atoms with Gasteiger partial charge in [0.2, 0.25) is 5.91 Å². The van der Waals surface area contributed by atoms with Gasteiger partial charge in [0.15, 0.2) is 0 Å². The molecule has 0 unspecified atom stereocenters. The van der Waals surface area contributed by atoms with Gasteiger partial charge in [-0.05, 0) is 12.0 Å². The van der Waals surface area contributed by atoms with E-state index >= 15 is 0 Å². The maximum atomic E-state index is 12.5. The number of ether oxygens (including phenoxy) is 1. The average molecular weight is 393 g/mol. The third kappa shape index (κ3) is 5.60. The molecule has 0 bridgehead atoms. The number of esters is 1. The SMILES string of the molecule is CCCOC(=O)c1c(-c2ccccc2)csc1NC(=O)CSCC(=O)O. The molecule has 0 saturated carbocycles. The Morgan fingerprint density at radius 3 is 2.58 bits per heavy atom. The van der Waals surface area contributed by atoms with Crippen LogP contribution in [0.2, 0.25) is 0 Å². The number of benzene rings is 1. The van der Waals surface area contributed by atoms with Crippen molar-refractivity contribution in [3.63, 3.8) is 0 Å². The molecule has 1 heterocycles. The van der Waals surface area contributed by atoms with Gasteiger partial charge in [-0.3, -0.25) is 9.59 Å². The maximum absolute atomic E-state index is 12.5. The van der Waals surface area contributed by atoms with E-state index in [1.165, 1.54) is 11.3 Å². The van der Waals surface area contributed by atoms with E-state index in [0.29, 0.717) is 29.2 Å². The van der Waals surface area contributed by atoms with E-state index < -0.39 is 11.9 Å². The normalized spacial score (nSPS) is 10.3. The molecule has 138 valence electrons. The third-order valence-electron chi connectivity index (χ3n) is 3.23. The van der Waals surface area contributed by atoms with Crippen LogP contribution in [-0.4, -0.2) is 41.1 Å². The number of carboxylic acids is 1. The fourth-order valence-electron chi connectivity index (χ4n) is 2.14. The molecule has 0 radical (unpaired) electrons. The van der Waals surface area contributed by atoms with Crippen LogP contribution in [0.25, 0.3) is 11.1 Å². The zero-order valence-corrected chi connectivity index (χ0v) is 15.8. The van der Waals surface area contributed by atoms with E-state index in [1.807, 2.05) is 37.3 Å². The number of carboxylic acid groups (broad SMARTS) is 1. The third-order valence-corrected chi connectivity index (χ3v) is 5.04. The Hall–Kier alpha value is -2.32. The number of rotatable bonds is 9. The van der Waals surface area contributed by atoms with Crippen LogP contribution in [0.15, 0.2) is 35.7 Å². The summed E-state index contributed by atoms with van der Waals surface area (Å²) < 4.78 is 5.27. The maximum Gasteiger partial charge on any atom is 0.341 e. The Morgan fingerprint density at radius 2 is 1.92 bits per heavy atom. The number of aliphatic carboxylic acids is 1. The lowest BCUT2D eigenvalue weighted by Gasteiger charge is -2.09. The highest BCUT2D eigenvalue weighted by Gasteiger charge is 2.22. The first-order valence-electron chi connectivity index (χ1n) is 7.96. The topological polar surface area (TPSA) is 92.7 Å². The van der Waals surface area contributed by atoms with Crippen molar-refractivity contribution in [3.8, 4) is 11.1 Å². The van der Waals surface area contributed by atoms with E-state index in [2.05, 4.69) is 5.32 Å². The summed E-state index contributed by atoms with van der Waals surface area (Å²) in [5, 5.41) is 13.5. The van der Waals surface area contributed by atoms with Gasteiger partial charge in [-0.1, -0.05) is 37.3 Å². The highest BCUT2D eigenvalue weighted by Crippen LogP contribution is 2.36. The molecule has 0 atom stereocenters. The second-order valence-corrected chi connectivity index (χ2v) is 7.16. The van der Waals surface area contributed by atoms with Crippen LogP contribution in [0.4, 0.5) is 5.00 Å². The van der Waals surface area contributed by atoms with Crippen molar-refractivity contribution >= 4 is 45.9 Å². The van der Waals surface area contributed by atoms with Gasteiger partial charge in [0, 0.05) is 10.9 Å². The zero-order chi connectivity index (χ0) is 18.9.